The van der Waals surface area contributed by atoms with E-state index < -0.39 is 27.4 Å². The number of carbonyl (C=O) groups is 1. The third-order valence-electron chi connectivity index (χ3n) is 5.19. The number of rotatable bonds is 10. The minimum Gasteiger partial charge on any atom is -0.444 e. The maximum Gasteiger partial charge on any atom is 0.413 e. The van der Waals surface area contributed by atoms with Gasteiger partial charge in [-0.3, -0.25) is 5.32 Å². The minimum absolute atomic E-state index is 0.378. The van der Waals surface area contributed by atoms with Gasteiger partial charge in [-0.25, -0.2) is 18.7 Å². The molecule has 0 aliphatic heterocycles. The van der Waals surface area contributed by atoms with E-state index in [1.165, 1.54) is 11.3 Å². The summed E-state index contributed by atoms with van der Waals surface area (Å²) in [4.78, 5) is 17.5. The maximum atomic E-state index is 13.2. The molecule has 1 heterocycles. The van der Waals surface area contributed by atoms with Crippen molar-refractivity contribution in [1.29, 1.82) is 0 Å². The first-order valence-electron chi connectivity index (χ1n) is 12.3. The lowest BCUT2D eigenvalue weighted by atomic mass is 9.98. The van der Waals surface area contributed by atoms with Gasteiger partial charge in [0.15, 0.2) is 5.13 Å². The number of thiazole rings is 1. The fourth-order valence-corrected chi connectivity index (χ4v) is 5.19. The number of nitrogens with one attached hydrogen (secondary N) is 2. The quantitative estimate of drug-likeness (QED) is 0.289. The fraction of sp³-hybridized carbons (Fsp3) is 0.429. The second-order valence-electron chi connectivity index (χ2n) is 10.6. The second-order valence-corrected chi connectivity index (χ2v) is 13.7. The number of benzene rings is 2. The molecule has 200 valence electrons. The van der Waals surface area contributed by atoms with Crippen LogP contribution in [0.5, 0.6) is 0 Å². The van der Waals surface area contributed by atoms with Gasteiger partial charge in [0.2, 0.25) is 0 Å². The maximum absolute atomic E-state index is 13.2. The van der Waals surface area contributed by atoms with Gasteiger partial charge in [-0.2, -0.15) is 0 Å². The Morgan fingerprint density at radius 1 is 1.03 bits per heavy atom. The van der Waals surface area contributed by atoms with Gasteiger partial charge in [0.1, 0.15) is 5.60 Å². The zero-order valence-corrected chi connectivity index (χ0v) is 24.0. The molecule has 9 heteroatoms. The Labute approximate surface area is 226 Å². The van der Waals surface area contributed by atoms with E-state index in [0.29, 0.717) is 24.8 Å². The van der Waals surface area contributed by atoms with Gasteiger partial charge in [0, 0.05) is 11.1 Å². The summed E-state index contributed by atoms with van der Waals surface area (Å²) in [7, 11) is -1.34. The third kappa shape index (κ3) is 9.34. The molecule has 2 atom stereocenters. The number of carbonyl (C=O) groups excluding carboxylic acids is 1. The van der Waals surface area contributed by atoms with Crippen LogP contribution in [0.15, 0.2) is 60.8 Å². The van der Waals surface area contributed by atoms with Crippen molar-refractivity contribution < 1.29 is 18.5 Å². The average molecular weight is 544 g/mol. The number of ether oxygens (including phenoxy) is 2. The Kier molecular flexibility index (Phi) is 10.0. The summed E-state index contributed by atoms with van der Waals surface area (Å²) in [6.07, 6.45) is 1.84. The number of nitrogens with zero attached hydrogens (tertiary/aromatic N) is 1. The minimum atomic E-state index is -1.34. The van der Waals surface area contributed by atoms with Crippen molar-refractivity contribution in [2.24, 2.45) is 0 Å². The van der Waals surface area contributed by atoms with Crippen LogP contribution in [0.2, 0.25) is 0 Å². The summed E-state index contributed by atoms with van der Waals surface area (Å²) in [5.41, 5.74) is 2.61. The van der Waals surface area contributed by atoms with Crippen molar-refractivity contribution in [3.8, 4) is 0 Å². The Hall–Kier alpha value is -2.59. The highest BCUT2D eigenvalue weighted by Crippen LogP contribution is 2.33. The number of hydrogen-bond acceptors (Lipinski definition) is 6. The van der Waals surface area contributed by atoms with Gasteiger partial charge in [0.05, 0.1) is 35.0 Å². The summed E-state index contributed by atoms with van der Waals surface area (Å²) < 4.78 is 27.3. The molecule has 7 nitrogen and oxygen atoms in total. The first-order chi connectivity index (χ1) is 17.4. The Morgan fingerprint density at radius 3 is 2.38 bits per heavy atom. The van der Waals surface area contributed by atoms with E-state index in [9.17, 15) is 9.00 Å². The number of aromatic nitrogens is 1. The topological polar surface area (TPSA) is 89.5 Å². The third-order valence-corrected chi connectivity index (χ3v) is 7.73. The second kappa shape index (κ2) is 12.8. The number of hydrogen-bond donors (Lipinski definition) is 2. The number of amides is 1. The molecule has 0 spiro atoms. The first-order valence-corrected chi connectivity index (χ1v) is 14.2. The molecular formula is C28H37N3O4S2. The van der Waals surface area contributed by atoms with Gasteiger partial charge in [-0.1, -0.05) is 65.9 Å². The Morgan fingerprint density at radius 2 is 1.70 bits per heavy atom. The number of anilines is 1. The molecule has 0 radical (unpaired) electrons. The SMILES string of the molecule is CC(C)(C)OC(=O)Nc1ncc([C@@H](N[S@@](=O)C(C)(C)C)c2ccccc2CCOCc2ccccc2)s1. The molecule has 37 heavy (non-hydrogen) atoms. The van der Waals surface area contributed by atoms with E-state index in [-0.39, 0.29) is 6.04 Å². The molecule has 3 aromatic rings. The van der Waals surface area contributed by atoms with E-state index in [4.69, 9.17) is 9.47 Å². The normalized spacial score (nSPS) is 13.7. The van der Waals surface area contributed by atoms with E-state index in [1.54, 1.807) is 6.20 Å². The zero-order valence-electron chi connectivity index (χ0n) is 22.4. The molecule has 1 amide bonds. The van der Waals surface area contributed by atoms with Crippen LogP contribution in [-0.2, 0) is 33.5 Å². The largest absolute Gasteiger partial charge is 0.444 e. The van der Waals surface area contributed by atoms with E-state index >= 15 is 0 Å². The molecule has 0 bridgehead atoms. The molecule has 2 aromatic carbocycles. The van der Waals surface area contributed by atoms with E-state index in [2.05, 4.69) is 21.1 Å². The highest BCUT2D eigenvalue weighted by Gasteiger charge is 2.28. The van der Waals surface area contributed by atoms with E-state index in [0.717, 1.165) is 21.6 Å². The van der Waals surface area contributed by atoms with Crippen molar-refractivity contribution in [1.82, 2.24) is 9.71 Å². The Bertz CT molecular complexity index is 1180. The highest BCUT2D eigenvalue weighted by atomic mass is 32.2. The smallest absolute Gasteiger partial charge is 0.413 e. The van der Waals surface area contributed by atoms with Crippen LogP contribution in [0.4, 0.5) is 9.93 Å². The van der Waals surface area contributed by atoms with Crippen LogP contribution in [0.3, 0.4) is 0 Å². The molecule has 0 aliphatic rings. The average Bonchev–Trinajstić information content (AvgIpc) is 3.27. The molecule has 0 saturated carbocycles. The molecule has 0 unspecified atom stereocenters. The summed E-state index contributed by atoms with van der Waals surface area (Å²) >= 11 is 1.33. The van der Waals surface area contributed by atoms with Crippen molar-refractivity contribution in [3.05, 3.63) is 82.4 Å². The fourth-order valence-electron chi connectivity index (χ4n) is 3.42. The van der Waals surface area contributed by atoms with Crippen molar-refractivity contribution in [2.45, 2.75) is 71.0 Å². The molecule has 1 aromatic heterocycles. The zero-order chi connectivity index (χ0) is 27.1. The lowest BCUT2D eigenvalue weighted by Gasteiger charge is -2.25. The van der Waals surface area contributed by atoms with Crippen molar-refractivity contribution in [2.75, 3.05) is 11.9 Å². The predicted molar refractivity (Wildman–Crippen MR) is 151 cm³/mol. The van der Waals surface area contributed by atoms with Crippen molar-refractivity contribution in [3.63, 3.8) is 0 Å². The summed E-state index contributed by atoms with van der Waals surface area (Å²) in [5, 5.41) is 3.12. The molecule has 0 saturated heterocycles. The van der Waals surface area contributed by atoms with Crippen LogP contribution in [0.1, 0.15) is 69.2 Å². The molecule has 2 N–H and O–H groups in total. The van der Waals surface area contributed by atoms with Gasteiger partial charge < -0.3 is 9.47 Å². The lowest BCUT2D eigenvalue weighted by Crippen LogP contribution is -2.36. The van der Waals surface area contributed by atoms with Crippen LogP contribution >= 0.6 is 11.3 Å². The van der Waals surface area contributed by atoms with Gasteiger partial charge in [-0.15, -0.1) is 0 Å². The first kappa shape index (κ1) is 29.0. The summed E-state index contributed by atoms with van der Waals surface area (Å²) in [5.74, 6) is 0. The molecular weight excluding hydrogens is 506 g/mol. The van der Waals surface area contributed by atoms with Gasteiger partial charge in [0.25, 0.3) is 0 Å². The van der Waals surface area contributed by atoms with Crippen LogP contribution in [-0.4, -0.2) is 32.2 Å². The highest BCUT2D eigenvalue weighted by molar-refractivity contribution is 7.84. The summed E-state index contributed by atoms with van der Waals surface area (Å²) in [6.45, 7) is 12.3. The monoisotopic (exact) mass is 543 g/mol. The lowest BCUT2D eigenvalue weighted by molar-refractivity contribution is 0.0636. The van der Waals surface area contributed by atoms with E-state index in [1.807, 2.05) is 90.1 Å². The van der Waals surface area contributed by atoms with Crippen LogP contribution < -0.4 is 10.0 Å². The molecule has 3 rings (SSSR count). The standard InChI is InChI=1S/C28H37N3O4S2/c1-27(2,3)35-26(32)30-25-29-18-23(36-25)24(31-37(33)28(4,5)6)22-15-11-10-14-21(22)16-17-34-19-20-12-8-7-9-13-20/h7-15,18,24,31H,16-17,19H2,1-6H3,(H,29,30,32)/t24-,37-/m0/s1. The predicted octanol–water partition coefficient (Wildman–Crippen LogP) is 6.39. The van der Waals surface area contributed by atoms with Gasteiger partial charge in [-0.05, 0) is 64.7 Å². The van der Waals surface area contributed by atoms with Crippen LogP contribution in [0, 0.1) is 0 Å². The molecule has 0 fully saturated rings. The summed E-state index contributed by atoms with van der Waals surface area (Å²) in [6, 6.07) is 17.8. The van der Waals surface area contributed by atoms with Gasteiger partial charge >= 0.3 is 6.09 Å². The van der Waals surface area contributed by atoms with Crippen LogP contribution in [0.25, 0.3) is 0 Å². The Balaban J connectivity index is 1.80. The van der Waals surface area contributed by atoms with Crippen molar-refractivity contribution >= 4 is 33.5 Å². The molecule has 0 aliphatic carbocycles.